The second kappa shape index (κ2) is 8.57. The Balaban J connectivity index is 1.47. The number of nitrogen functional groups attached to an aromatic ring is 1. The summed E-state index contributed by atoms with van der Waals surface area (Å²) in [5, 5.41) is 0. The number of sulfone groups is 1. The van der Waals surface area contributed by atoms with Crippen LogP contribution in [0.25, 0.3) is 0 Å². The molecule has 4 rings (SSSR count). The van der Waals surface area contributed by atoms with Crippen LogP contribution in [-0.2, 0) is 9.84 Å². The molecule has 0 aliphatic heterocycles. The highest BCUT2D eigenvalue weighted by Gasteiger charge is 2.18. The highest BCUT2D eigenvalue weighted by Crippen LogP contribution is 2.28. The van der Waals surface area contributed by atoms with Gasteiger partial charge in [-0.1, -0.05) is 12.1 Å². The van der Waals surface area contributed by atoms with Crippen molar-refractivity contribution in [3.63, 3.8) is 0 Å². The van der Waals surface area contributed by atoms with Crippen molar-refractivity contribution in [3.8, 4) is 17.2 Å². The van der Waals surface area contributed by atoms with Crippen LogP contribution in [0.4, 0.5) is 5.69 Å². The molecule has 1 atom stereocenters. The van der Waals surface area contributed by atoms with Gasteiger partial charge in [0.15, 0.2) is 0 Å². The van der Waals surface area contributed by atoms with Crippen LogP contribution in [-0.4, -0.2) is 14.5 Å². The lowest BCUT2D eigenvalue weighted by molar-refractivity contribution is 0.250. The summed E-state index contributed by atoms with van der Waals surface area (Å²) < 4.78 is 37.5. The molecule has 0 spiro atoms. The Labute approximate surface area is 181 Å². The number of allylic oxidation sites excluding steroid dienone is 1. The minimum absolute atomic E-state index is 0.167. The molecule has 0 amide bonds. The molecular weight excluding hydrogens is 412 g/mol. The third-order valence-electron chi connectivity index (χ3n) is 4.71. The molecule has 6 nitrogen and oxygen atoms in total. The van der Waals surface area contributed by atoms with Crippen molar-refractivity contribution in [2.24, 2.45) is 5.73 Å². The highest BCUT2D eigenvalue weighted by molar-refractivity contribution is 7.91. The van der Waals surface area contributed by atoms with Gasteiger partial charge in [-0.15, -0.1) is 0 Å². The van der Waals surface area contributed by atoms with E-state index in [4.69, 9.17) is 20.9 Å². The maximum Gasteiger partial charge on any atom is 0.206 e. The van der Waals surface area contributed by atoms with Crippen LogP contribution in [0.15, 0.2) is 107 Å². The van der Waals surface area contributed by atoms with Gasteiger partial charge in [-0.2, -0.15) is 0 Å². The zero-order chi connectivity index (χ0) is 21.8. The van der Waals surface area contributed by atoms with Crippen molar-refractivity contribution in [1.82, 2.24) is 0 Å². The normalized spacial score (nSPS) is 15.9. The lowest BCUT2D eigenvalue weighted by Gasteiger charge is -2.17. The molecule has 0 saturated carbocycles. The first-order chi connectivity index (χ1) is 14.9. The Kier molecular flexibility index (Phi) is 5.68. The summed E-state index contributed by atoms with van der Waals surface area (Å²) in [6.07, 6.45) is 6.16. The van der Waals surface area contributed by atoms with E-state index >= 15 is 0 Å². The summed E-state index contributed by atoms with van der Waals surface area (Å²) in [6.45, 7) is 0. The highest BCUT2D eigenvalue weighted by atomic mass is 32.2. The largest absolute Gasteiger partial charge is 0.486 e. The molecule has 0 saturated heterocycles. The number of nitrogens with two attached hydrogens (primary N) is 2. The lowest BCUT2D eigenvalue weighted by atomic mass is 10.1. The van der Waals surface area contributed by atoms with Gasteiger partial charge in [0, 0.05) is 23.9 Å². The molecule has 3 aromatic rings. The van der Waals surface area contributed by atoms with Crippen molar-refractivity contribution in [1.29, 1.82) is 0 Å². The lowest BCUT2D eigenvalue weighted by Crippen LogP contribution is -2.17. The second-order valence-corrected chi connectivity index (χ2v) is 9.03. The van der Waals surface area contributed by atoms with Gasteiger partial charge in [0.25, 0.3) is 0 Å². The van der Waals surface area contributed by atoms with Crippen LogP contribution in [0, 0.1) is 0 Å². The number of ether oxygens (including phenoxy) is 2. The Morgan fingerprint density at radius 3 is 2.06 bits per heavy atom. The average molecular weight is 435 g/mol. The summed E-state index contributed by atoms with van der Waals surface area (Å²) in [7, 11) is -3.67. The Bertz CT molecular complexity index is 1230. The van der Waals surface area contributed by atoms with E-state index in [1.165, 1.54) is 24.3 Å². The minimum atomic E-state index is -3.67. The van der Waals surface area contributed by atoms with Crippen LogP contribution in [0.5, 0.6) is 17.2 Å². The van der Waals surface area contributed by atoms with Crippen LogP contribution >= 0.6 is 0 Å². The van der Waals surface area contributed by atoms with Gasteiger partial charge in [-0.25, -0.2) is 8.42 Å². The third kappa shape index (κ3) is 4.90. The molecule has 0 bridgehead atoms. The fourth-order valence-electron chi connectivity index (χ4n) is 3.17. The van der Waals surface area contributed by atoms with Gasteiger partial charge in [0.2, 0.25) is 9.84 Å². The quantitative estimate of drug-likeness (QED) is 0.556. The summed E-state index contributed by atoms with van der Waals surface area (Å²) >= 11 is 0. The van der Waals surface area contributed by atoms with E-state index in [-0.39, 0.29) is 15.9 Å². The van der Waals surface area contributed by atoms with Gasteiger partial charge >= 0.3 is 0 Å². The van der Waals surface area contributed by atoms with Crippen LogP contribution in [0.1, 0.15) is 6.42 Å². The van der Waals surface area contributed by atoms with Crippen molar-refractivity contribution in [2.45, 2.75) is 22.3 Å². The van der Waals surface area contributed by atoms with Crippen LogP contribution < -0.4 is 20.9 Å². The standard InChI is InChI=1S/C24H22N2O4S/c25-17-3-1-5-21(15-17)29-19-7-11-23(12-8-19)31(27,28)24-13-9-20(10-14-24)30-22-6-2-4-18(26)16-22/h1-5,7-16,22H,6,25-26H2. The predicted octanol–water partition coefficient (Wildman–Crippen LogP) is 4.44. The fourth-order valence-corrected chi connectivity index (χ4v) is 4.43. The van der Waals surface area contributed by atoms with Gasteiger partial charge < -0.3 is 20.9 Å². The zero-order valence-corrected chi connectivity index (χ0v) is 17.5. The average Bonchev–Trinajstić information content (AvgIpc) is 2.75. The van der Waals surface area contributed by atoms with Gasteiger partial charge in [-0.05, 0) is 72.8 Å². The molecule has 1 aliphatic carbocycles. The Hall–Kier alpha value is -3.71. The van der Waals surface area contributed by atoms with E-state index < -0.39 is 9.84 Å². The molecule has 0 fully saturated rings. The van der Waals surface area contributed by atoms with Gasteiger partial charge in [0.05, 0.1) is 9.79 Å². The van der Waals surface area contributed by atoms with E-state index in [0.717, 1.165) is 0 Å². The van der Waals surface area contributed by atoms with E-state index in [1.54, 1.807) is 48.5 Å². The first-order valence-electron chi connectivity index (χ1n) is 9.69. The van der Waals surface area contributed by atoms with Gasteiger partial charge in [0.1, 0.15) is 23.4 Å². The molecule has 31 heavy (non-hydrogen) atoms. The smallest absolute Gasteiger partial charge is 0.206 e. The maximum atomic E-state index is 13.0. The molecule has 0 radical (unpaired) electrons. The van der Waals surface area contributed by atoms with E-state index in [1.807, 2.05) is 18.2 Å². The van der Waals surface area contributed by atoms with Crippen molar-refractivity contribution >= 4 is 15.5 Å². The van der Waals surface area contributed by atoms with E-state index in [0.29, 0.717) is 35.1 Å². The number of rotatable bonds is 6. The van der Waals surface area contributed by atoms with E-state index in [2.05, 4.69) is 0 Å². The molecule has 1 unspecified atom stereocenters. The maximum absolute atomic E-state index is 13.0. The molecule has 4 N–H and O–H groups in total. The Morgan fingerprint density at radius 2 is 1.45 bits per heavy atom. The molecule has 158 valence electrons. The fraction of sp³-hybridized carbons (Fsp3) is 0.0833. The third-order valence-corrected chi connectivity index (χ3v) is 6.49. The number of benzene rings is 3. The SMILES string of the molecule is NC1=CC(Oc2ccc(S(=O)(=O)c3ccc(Oc4cccc(N)c4)cc3)cc2)CC=C1. The molecule has 0 aromatic heterocycles. The zero-order valence-electron chi connectivity index (χ0n) is 16.6. The summed E-state index contributed by atoms with van der Waals surface area (Å²) in [6, 6.07) is 19.6. The molecule has 0 heterocycles. The predicted molar refractivity (Wildman–Crippen MR) is 120 cm³/mol. The van der Waals surface area contributed by atoms with Crippen molar-refractivity contribution < 1.29 is 17.9 Å². The van der Waals surface area contributed by atoms with E-state index in [9.17, 15) is 8.42 Å². The molecule has 7 heteroatoms. The van der Waals surface area contributed by atoms with Crippen molar-refractivity contribution in [2.75, 3.05) is 5.73 Å². The minimum Gasteiger partial charge on any atom is -0.486 e. The van der Waals surface area contributed by atoms with Crippen molar-refractivity contribution in [3.05, 3.63) is 96.7 Å². The molecule has 1 aliphatic rings. The summed E-state index contributed by atoms with van der Waals surface area (Å²) in [5.41, 5.74) is 12.8. The second-order valence-electron chi connectivity index (χ2n) is 7.08. The number of hydrogen-bond donors (Lipinski definition) is 2. The molecule has 3 aromatic carbocycles. The monoisotopic (exact) mass is 434 g/mol. The Morgan fingerprint density at radius 1 is 0.806 bits per heavy atom. The number of anilines is 1. The summed E-state index contributed by atoms with van der Waals surface area (Å²) in [5.74, 6) is 1.67. The van der Waals surface area contributed by atoms with Gasteiger partial charge in [-0.3, -0.25) is 0 Å². The summed E-state index contributed by atoms with van der Waals surface area (Å²) in [4.78, 5) is 0.358. The topological polar surface area (TPSA) is 105 Å². The molecular formula is C24H22N2O4S. The number of hydrogen-bond acceptors (Lipinski definition) is 6. The first-order valence-corrected chi connectivity index (χ1v) is 11.2. The van der Waals surface area contributed by atoms with Crippen LogP contribution in [0.3, 0.4) is 0 Å². The first kappa shape index (κ1) is 20.6. The van der Waals surface area contributed by atoms with Crippen LogP contribution in [0.2, 0.25) is 0 Å².